The molecule has 2 rings (SSSR count). The minimum Gasteiger partial charge on any atom is -0.457 e. The van der Waals surface area contributed by atoms with E-state index in [1.165, 1.54) is 0 Å². The maximum Gasteiger partial charge on any atom is 0.127 e. The zero-order valence-corrected chi connectivity index (χ0v) is 12.9. The predicted molar refractivity (Wildman–Crippen MR) is 88.2 cm³/mol. The first-order chi connectivity index (χ1) is 9.38. The Morgan fingerprint density at radius 2 is 1.25 bits per heavy atom. The van der Waals surface area contributed by atoms with Crippen molar-refractivity contribution in [3.63, 3.8) is 0 Å². The molecule has 0 saturated heterocycles. The lowest BCUT2D eigenvalue weighted by Crippen LogP contribution is -1.93. The Labute approximate surface area is 122 Å². The maximum atomic E-state index is 5.64. The van der Waals surface area contributed by atoms with Gasteiger partial charge in [-0.2, -0.15) is 0 Å². The summed E-state index contributed by atoms with van der Waals surface area (Å²) in [5.74, 6) is 1.69. The lowest BCUT2D eigenvalue weighted by molar-refractivity contribution is 0.469. The Kier molecular flexibility index (Phi) is 6.05. The van der Waals surface area contributed by atoms with Gasteiger partial charge in [-0.05, 0) is 35.2 Å². The number of ether oxygens (including phenoxy) is 1. The molecule has 0 aliphatic rings. The molecule has 0 aliphatic heterocycles. The highest BCUT2D eigenvalue weighted by molar-refractivity contribution is 5.48. The molecule has 2 aromatic carbocycles. The molecule has 0 bridgehead atoms. The van der Waals surface area contributed by atoms with Crippen LogP contribution in [0.5, 0.6) is 11.5 Å². The van der Waals surface area contributed by atoms with E-state index in [-0.39, 0.29) is 0 Å². The highest BCUT2D eigenvalue weighted by Crippen LogP contribution is 2.21. The van der Waals surface area contributed by atoms with Gasteiger partial charge in [0.2, 0.25) is 0 Å². The Hall–Kier alpha value is -2.02. The first kappa shape index (κ1) is 16.0. The van der Waals surface area contributed by atoms with E-state index in [0.717, 1.165) is 17.1 Å². The molecule has 1 heteroatoms. The molecule has 0 heterocycles. The summed E-state index contributed by atoms with van der Waals surface area (Å²) in [7, 11) is 0. The average Bonchev–Trinajstić information content (AvgIpc) is 2.39. The van der Waals surface area contributed by atoms with E-state index < -0.39 is 0 Å². The monoisotopic (exact) mass is 268 g/mol. The molecule has 0 amide bonds. The molecular formula is C19H24O. The molecule has 0 fully saturated rings. The van der Waals surface area contributed by atoms with Crippen molar-refractivity contribution < 1.29 is 4.74 Å². The normalized spacial score (nSPS) is 10.2. The van der Waals surface area contributed by atoms with Crippen molar-refractivity contribution in [1.29, 1.82) is 0 Å². The third-order valence-electron chi connectivity index (χ3n) is 2.09. The van der Waals surface area contributed by atoms with Crippen LogP contribution in [0.3, 0.4) is 0 Å². The van der Waals surface area contributed by atoms with Crippen LogP contribution in [-0.2, 0) is 0 Å². The number of benzene rings is 2. The molecule has 2 aromatic rings. The smallest absolute Gasteiger partial charge is 0.127 e. The average molecular weight is 268 g/mol. The predicted octanol–water partition coefficient (Wildman–Crippen LogP) is 6.17. The third-order valence-corrected chi connectivity index (χ3v) is 2.09. The van der Waals surface area contributed by atoms with Crippen molar-refractivity contribution >= 4 is 6.08 Å². The van der Waals surface area contributed by atoms with Crippen molar-refractivity contribution in [1.82, 2.24) is 0 Å². The van der Waals surface area contributed by atoms with Crippen molar-refractivity contribution in [2.45, 2.75) is 27.7 Å². The van der Waals surface area contributed by atoms with Crippen LogP contribution in [0.4, 0.5) is 0 Å². The molecular weight excluding hydrogens is 244 g/mol. The molecule has 0 aliphatic carbocycles. The van der Waals surface area contributed by atoms with Gasteiger partial charge in [0.25, 0.3) is 0 Å². The number of para-hydroxylation sites is 1. The number of hydrogen-bond acceptors (Lipinski definition) is 1. The summed E-state index contributed by atoms with van der Waals surface area (Å²) in [6.07, 6.45) is 1.81. The molecule has 0 unspecified atom stereocenters. The topological polar surface area (TPSA) is 9.23 Å². The second-order valence-electron chi connectivity index (χ2n) is 6.19. The van der Waals surface area contributed by atoms with Gasteiger partial charge in [-0.3, -0.25) is 0 Å². The van der Waals surface area contributed by atoms with Gasteiger partial charge in [0.05, 0.1) is 0 Å². The molecule has 0 N–H and O–H groups in total. The number of rotatable bonds is 3. The van der Waals surface area contributed by atoms with Crippen LogP contribution in [0, 0.1) is 5.41 Å². The summed E-state index contributed by atoms with van der Waals surface area (Å²) >= 11 is 0. The lowest BCUT2D eigenvalue weighted by Gasteiger charge is -2.05. The van der Waals surface area contributed by atoms with E-state index in [9.17, 15) is 0 Å². The van der Waals surface area contributed by atoms with Crippen molar-refractivity contribution in [2.75, 3.05) is 0 Å². The van der Waals surface area contributed by atoms with Crippen molar-refractivity contribution in [3.05, 3.63) is 66.7 Å². The lowest BCUT2D eigenvalue weighted by atomic mass is 10.0. The van der Waals surface area contributed by atoms with Crippen LogP contribution in [0.25, 0.3) is 6.08 Å². The fourth-order valence-corrected chi connectivity index (χ4v) is 1.30. The van der Waals surface area contributed by atoms with Gasteiger partial charge < -0.3 is 4.74 Å². The first-order valence-electron chi connectivity index (χ1n) is 6.84. The maximum absolute atomic E-state index is 5.64. The van der Waals surface area contributed by atoms with Gasteiger partial charge in [0.1, 0.15) is 11.5 Å². The standard InChI is InChI=1S/C14H12O.C5H12/c1-2-12-8-10-14(11-9-12)15-13-6-4-3-5-7-13;1-5(2,3)4/h2-11H,1H2;1-4H3. The molecule has 0 aromatic heterocycles. The second-order valence-corrected chi connectivity index (χ2v) is 6.19. The molecule has 106 valence electrons. The fraction of sp³-hybridized carbons (Fsp3) is 0.263. The van der Waals surface area contributed by atoms with Gasteiger partial charge in [-0.1, -0.05) is 70.7 Å². The van der Waals surface area contributed by atoms with Crippen LogP contribution >= 0.6 is 0 Å². The summed E-state index contributed by atoms with van der Waals surface area (Å²) in [4.78, 5) is 0. The van der Waals surface area contributed by atoms with Gasteiger partial charge >= 0.3 is 0 Å². The Morgan fingerprint density at radius 3 is 1.70 bits per heavy atom. The minimum atomic E-state index is 0.500. The van der Waals surface area contributed by atoms with Crippen LogP contribution in [-0.4, -0.2) is 0 Å². The van der Waals surface area contributed by atoms with Crippen molar-refractivity contribution in [3.8, 4) is 11.5 Å². The molecule has 0 saturated carbocycles. The third kappa shape index (κ3) is 7.42. The summed E-state index contributed by atoms with van der Waals surface area (Å²) < 4.78 is 5.64. The van der Waals surface area contributed by atoms with E-state index >= 15 is 0 Å². The summed E-state index contributed by atoms with van der Waals surface area (Å²) in [6.45, 7) is 12.5. The van der Waals surface area contributed by atoms with Gasteiger partial charge in [0, 0.05) is 0 Å². The highest BCUT2D eigenvalue weighted by Gasteiger charge is 1.96. The Bertz CT molecular complexity index is 498. The number of hydrogen-bond donors (Lipinski definition) is 0. The van der Waals surface area contributed by atoms with Crippen LogP contribution in [0.15, 0.2) is 61.2 Å². The molecule has 1 nitrogen and oxygen atoms in total. The van der Waals surface area contributed by atoms with Crippen LogP contribution in [0.1, 0.15) is 33.3 Å². The van der Waals surface area contributed by atoms with Gasteiger partial charge in [-0.25, -0.2) is 0 Å². The minimum absolute atomic E-state index is 0.500. The summed E-state index contributed by atoms with van der Waals surface area (Å²) in [6, 6.07) is 17.6. The largest absolute Gasteiger partial charge is 0.457 e. The van der Waals surface area contributed by atoms with E-state index in [0.29, 0.717) is 5.41 Å². The van der Waals surface area contributed by atoms with Gasteiger partial charge in [0.15, 0.2) is 0 Å². The molecule has 0 radical (unpaired) electrons. The van der Waals surface area contributed by atoms with E-state index in [4.69, 9.17) is 4.74 Å². The van der Waals surface area contributed by atoms with Crippen molar-refractivity contribution in [2.24, 2.45) is 5.41 Å². The van der Waals surface area contributed by atoms with E-state index in [2.05, 4.69) is 34.3 Å². The summed E-state index contributed by atoms with van der Waals surface area (Å²) in [5, 5.41) is 0. The van der Waals surface area contributed by atoms with E-state index in [1.54, 1.807) is 0 Å². The molecule has 0 atom stereocenters. The summed E-state index contributed by atoms with van der Waals surface area (Å²) in [5.41, 5.74) is 1.59. The zero-order valence-electron chi connectivity index (χ0n) is 12.9. The van der Waals surface area contributed by atoms with Crippen LogP contribution in [0.2, 0.25) is 0 Å². The highest BCUT2D eigenvalue weighted by atomic mass is 16.5. The van der Waals surface area contributed by atoms with Gasteiger partial charge in [-0.15, -0.1) is 0 Å². The first-order valence-corrected chi connectivity index (χ1v) is 6.84. The van der Waals surface area contributed by atoms with Crippen LogP contribution < -0.4 is 4.74 Å². The quantitative estimate of drug-likeness (QED) is 0.646. The molecule has 20 heavy (non-hydrogen) atoms. The fourth-order valence-electron chi connectivity index (χ4n) is 1.30. The SMILES string of the molecule is C=Cc1ccc(Oc2ccccc2)cc1.CC(C)(C)C. The Balaban J connectivity index is 0.000000347. The molecule has 0 spiro atoms. The van der Waals surface area contributed by atoms with E-state index in [1.807, 2.05) is 60.7 Å². The zero-order chi connectivity index (χ0) is 15.0. The second kappa shape index (κ2) is 7.54. The Morgan fingerprint density at radius 1 is 0.800 bits per heavy atom.